The van der Waals surface area contributed by atoms with Gasteiger partial charge in [-0.05, 0) is 41.4 Å². The molecule has 0 unspecified atom stereocenters. The summed E-state index contributed by atoms with van der Waals surface area (Å²) in [4.78, 5) is 13.7. The number of hydrogen-bond acceptors (Lipinski definition) is 2. The largest absolute Gasteiger partial charge is 0.444 e. The van der Waals surface area contributed by atoms with Crippen molar-refractivity contribution in [3.8, 4) is 0 Å². The number of hydrogen-bond donors (Lipinski definition) is 0. The van der Waals surface area contributed by atoms with Crippen LogP contribution in [-0.4, -0.2) is 23.9 Å². The Labute approximate surface area is 96.9 Å². The molecular formula is C11H12BrNO2. The van der Waals surface area contributed by atoms with Crippen LogP contribution in [0.1, 0.15) is 23.9 Å². The zero-order valence-electron chi connectivity index (χ0n) is 8.50. The quantitative estimate of drug-likeness (QED) is 0.735. The van der Waals surface area contributed by atoms with Gasteiger partial charge in [-0.25, -0.2) is 0 Å². The fraction of sp³-hybridized carbons (Fsp3) is 0.364. The first kappa shape index (κ1) is 10.5. The molecule has 3 nitrogen and oxygen atoms in total. The highest BCUT2D eigenvalue weighted by Gasteiger charge is 2.20. The Morgan fingerprint density at radius 2 is 2.33 bits per heavy atom. The third kappa shape index (κ3) is 2.31. The van der Waals surface area contributed by atoms with E-state index in [0.717, 1.165) is 13.0 Å². The normalized spacial score (nSPS) is 16.4. The van der Waals surface area contributed by atoms with Gasteiger partial charge in [0.15, 0.2) is 10.4 Å². The van der Waals surface area contributed by atoms with Crippen LogP contribution in [0.15, 0.2) is 32.9 Å². The summed E-state index contributed by atoms with van der Waals surface area (Å²) in [6, 6.07) is 3.43. The first-order valence-electron chi connectivity index (χ1n) is 4.87. The van der Waals surface area contributed by atoms with Crippen LogP contribution in [0.3, 0.4) is 0 Å². The Morgan fingerprint density at radius 3 is 2.93 bits per heavy atom. The van der Waals surface area contributed by atoms with E-state index in [1.807, 2.05) is 6.92 Å². The average Bonchev–Trinajstić information content (AvgIpc) is 2.64. The summed E-state index contributed by atoms with van der Waals surface area (Å²) in [5.74, 6) is 0.365. The Bertz CT molecular complexity index is 408. The van der Waals surface area contributed by atoms with Crippen molar-refractivity contribution in [2.75, 3.05) is 13.1 Å². The molecule has 0 saturated carbocycles. The first-order valence-corrected chi connectivity index (χ1v) is 5.66. The van der Waals surface area contributed by atoms with E-state index >= 15 is 0 Å². The van der Waals surface area contributed by atoms with E-state index in [1.54, 1.807) is 17.0 Å². The molecule has 0 radical (unpaired) electrons. The van der Waals surface area contributed by atoms with Gasteiger partial charge in [0.1, 0.15) is 0 Å². The molecule has 1 aliphatic heterocycles. The molecular weight excluding hydrogens is 258 g/mol. The minimum absolute atomic E-state index is 0.0341. The molecule has 15 heavy (non-hydrogen) atoms. The van der Waals surface area contributed by atoms with E-state index in [9.17, 15) is 4.79 Å². The Hall–Kier alpha value is -1.03. The number of nitrogens with zero attached hydrogens (tertiary/aromatic N) is 1. The van der Waals surface area contributed by atoms with Crippen molar-refractivity contribution in [2.45, 2.75) is 13.3 Å². The molecule has 1 aromatic rings. The maximum Gasteiger partial charge on any atom is 0.289 e. The highest BCUT2D eigenvalue weighted by Crippen LogP contribution is 2.18. The fourth-order valence-corrected chi connectivity index (χ4v) is 1.98. The third-order valence-corrected chi connectivity index (χ3v) is 2.83. The van der Waals surface area contributed by atoms with Crippen molar-refractivity contribution >= 4 is 21.8 Å². The summed E-state index contributed by atoms with van der Waals surface area (Å²) in [7, 11) is 0. The summed E-state index contributed by atoms with van der Waals surface area (Å²) in [5.41, 5.74) is 1.24. The van der Waals surface area contributed by atoms with E-state index in [0.29, 0.717) is 17.0 Å². The van der Waals surface area contributed by atoms with Gasteiger partial charge in [-0.1, -0.05) is 11.6 Å². The molecule has 1 amide bonds. The van der Waals surface area contributed by atoms with Gasteiger partial charge < -0.3 is 9.32 Å². The van der Waals surface area contributed by atoms with Gasteiger partial charge in [0, 0.05) is 13.1 Å². The van der Waals surface area contributed by atoms with Gasteiger partial charge in [0.25, 0.3) is 5.91 Å². The van der Waals surface area contributed by atoms with Gasteiger partial charge in [0.2, 0.25) is 0 Å². The van der Waals surface area contributed by atoms with Crippen molar-refractivity contribution in [3.63, 3.8) is 0 Å². The second kappa shape index (κ2) is 4.23. The van der Waals surface area contributed by atoms with Gasteiger partial charge in [0.05, 0.1) is 0 Å². The first-order chi connectivity index (χ1) is 7.16. The molecule has 0 spiro atoms. The standard InChI is InChI=1S/C11H12BrNO2/c1-8-3-2-6-13(7-8)11(14)9-4-5-10(12)15-9/h3-5H,2,6-7H2,1H3. The molecule has 80 valence electrons. The fourth-order valence-electron chi connectivity index (χ4n) is 1.67. The summed E-state index contributed by atoms with van der Waals surface area (Å²) >= 11 is 3.19. The van der Waals surface area contributed by atoms with Crippen molar-refractivity contribution in [3.05, 3.63) is 34.2 Å². The number of halogens is 1. The monoisotopic (exact) mass is 269 g/mol. The van der Waals surface area contributed by atoms with Crippen LogP contribution in [0.4, 0.5) is 0 Å². The van der Waals surface area contributed by atoms with Crippen molar-refractivity contribution in [1.82, 2.24) is 4.90 Å². The Kier molecular flexibility index (Phi) is 2.95. The lowest BCUT2D eigenvalue weighted by atomic mass is 10.1. The topological polar surface area (TPSA) is 33.5 Å². The molecule has 1 aromatic heterocycles. The third-order valence-electron chi connectivity index (χ3n) is 2.40. The lowest BCUT2D eigenvalue weighted by Gasteiger charge is -2.25. The molecule has 4 heteroatoms. The van der Waals surface area contributed by atoms with Crippen molar-refractivity contribution in [1.29, 1.82) is 0 Å². The van der Waals surface area contributed by atoms with Crippen LogP contribution in [0.2, 0.25) is 0 Å². The van der Waals surface area contributed by atoms with Gasteiger partial charge in [-0.3, -0.25) is 4.79 Å². The predicted octanol–water partition coefficient (Wildman–Crippen LogP) is 2.83. The molecule has 0 N–H and O–H groups in total. The Morgan fingerprint density at radius 1 is 1.53 bits per heavy atom. The lowest BCUT2D eigenvalue weighted by molar-refractivity contribution is 0.0732. The van der Waals surface area contributed by atoms with Crippen LogP contribution in [-0.2, 0) is 0 Å². The van der Waals surface area contributed by atoms with Gasteiger partial charge in [-0.15, -0.1) is 0 Å². The summed E-state index contributed by atoms with van der Waals surface area (Å²) in [6.45, 7) is 3.52. The van der Waals surface area contributed by atoms with Crippen molar-refractivity contribution in [2.24, 2.45) is 0 Å². The van der Waals surface area contributed by atoms with E-state index in [2.05, 4.69) is 22.0 Å². The highest BCUT2D eigenvalue weighted by molar-refractivity contribution is 9.10. The van der Waals surface area contributed by atoms with Crippen LogP contribution < -0.4 is 0 Å². The lowest BCUT2D eigenvalue weighted by Crippen LogP contribution is -2.35. The SMILES string of the molecule is CC1=CCCN(C(=O)c2ccc(Br)o2)C1. The zero-order valence-corrected chi connectivity index (χ0v) is 10.1. The molecule has 2 heterocycles. The Balaban J connectivity index is 2.12. The van der Waals surface area contributed by atoms with Crippen LogP contribution in [0.25, 0.3) is 0 Å². The molecule has 0 bridgehead atoms. The molecule has 0 fully saturated rings. The molecule has 1 aliphatic rings. The second-order valence-electron chi connectivity index (χ2n) is 3.67. The van der Waals surface area contributed by atoms with E-state index in [1.165, 1.54) is 5.57 Å². The van der Waals surface area contributed by atoms with Crippen LogP contribution >= 0.6 is 15.9 Å². The van der Waals surface area contributed by atoms with E-state index < -0.39 is 0 Å². The van der Waals surface area contributed by atoms with Gasteiger partial charge >= 0.3 is 0 Å². The molecule has 0 saturated heterocycles. The smallest absolute Gasteiger partial charge is 0.289 e. The average molecular weight is 270 g/mol. The number of rotatable bonds is 1. The van der Waals surface area contributed by atoms with Crippen LogP contribution in [0, 0.1) is 0 Å². The van der Waals surface area contributed by atoms with Crippen LogP contribution in [0.5, 0.6) is 0 Å². The highest BCUT2D eigenvalue weighted by atomic mass is 79.9. The molecule has 2 rings (SSSR count). The number of furan rings is 1. The molecule has 0 aliphatic carbocycles. The number of amides is 1. The molecule has 0 aromatic carbocycles. The summed E-state index contributed by atoms with van der Waals surface area (Å²) in [5, 5.41) is 0. The van der Waals surface area contributed by atoms with Gasteiger partial charge in [-0.2, -0.15) is 0 Å². The van der Waals surface area contributed by atoms with E-state index in [-0.39, 0.29) is 5.91 Å². The molecule has 0 atom stereocenters. The predicted molar refractivity (Wildman–Crippen MR) is 60.7 cm³/mol. The number of carbonyl (C=O) groups excluding carboxylic acids is 1. The minimum Gasteiger partial charge on any atom is -0.444 e. The second-order valence-corrected chi connectivity index (χ2v) is 4.45. The summed E-state index contributed by atoms with van der Waals surface area (Å²) in [6.07, 6.45) is 3.10. The van der Waals surface area contributed by atoms with Crippen molar-refractivity contribution < 1.29 is 9.21 Å². The maximum absolute atomic E-state index is 11.9. The maximum atomic E-state index is 11.9. The minimum atomic E-state index is -0.0341. The zero-order chi connectivity index (χ0) is 10.8. The summed E-state index contributed by atoms with van der Waals surface area (Å²) < 4.78 is 5.83. The number of carbonyl (C=O) groups is 1. The van der Waals surface area contributed by atoms with E-state index in [4.69, 9.17) is 4.42 Å².